The largest absolute Gasteiger partial charge is 0.379 e. The van der Waals surface area contributed by atoms with Crippen LogP contribution in [0.5, 0.6) is 0 Å². The quantitative estimate of drug-likeness (QED) is 0.860. The van der Waals surface area contributed by atoms with E-state index in [1.54, 1.807) is 18.3 Å². The normalized spacial score (nSPS) is 18.5. The summed E-state index contributed by atoms with van der Waals surface area (Å²) in [6.07, 6.45) is 5.06. The van der Waals surface area contributed by atoms with Crippen LogP contribution in [0.25, 0.3) is 0 Å². The molecule has 1 saturated heterocycles. The Morgan fingerprint density at radius 2 is 2.25 bits per heavy atom. The van der Waals surface area contributed by atoms with Gasteiger partial charge >= 0.3 is 0 Å². The lowest BCUT2D eigenvalue weighted by molar-refractivity contribution is -0.133. The number of benzene rings is 1. The third-order valence-corrected chi connectivity index (χ3v) is 4.44. The molecule has 1 aromatic carbocycles. The molecule has 2 heterocycles. The first-order valence-electron chi connectivity index (χ1n) is 8.28. The zero-order valence-electron chi connectivity index (χ0n) is 14.0. The maximum Gasteiger partial charge on any atom is 0.239 e. The van der Waals surface area contributed by atoms with E-state index in [-0.39, 0.29) is 11.9 Å². The van der Waals surface area contributed by atoms with Crippen LogP contribution >= 0.6 is 0 Å². The van der Waals surface area contributed by atoms with Crippen molar-refractivity contribution in [2.45, 2.75) is 31.5 Å². The number of nitrogens with zero attached hydrogens (tertiary/aromatic N) is 3. The Morgan fingerprint density at radius 1 is 1.46 bits per heavy atom. The minimum absolute atomic E-state index is 0.0527. The van der Waals surface area contributed by atoms with E-state index in [0.717, 1.165) is 18.7 Å². The smallest absolute Gasteiger partial charge is 0.239 e. The lowest BCUT2D eigenvalue weighted by atomic mass is 10.1. The number of aromatic nitrogens is 2. The highest BCUT2D eigenvalue weighted by Crippen LogP contribution is 2.12. The predicted molar refractivity (Wildman–Crippen MR) is 91.4 cm³/mol. The number of likely N-dealkylation sites (N-methyl/N-ethyl adjacent to an activating group) is 1. The Hall–Kier alpha value is -2.18. The minimum atomic E-state index is -0.573. The van der Waals surface area contributed by atoms with Gasteiger partial charge in [-0.15, -0.1) is 0 Å². The standard InChI is InChI=1S/C18H24N4O2/c1-21(16-7-8-24-12-16)18(23)17(19)9-15-11-22(13-20-15)10-14-5-3-2-4-6-14/h2-6,11,13,16-17H,7-10,12,19H2,1H3/t16?,17-/m0/s1. The molecule has 0 bridgehead atoms. The zero-order chi connectivity index (χ0) is 16.9. The topological polar surface area (TPSA) is 73.4 Å². The summed E-state index contributed by atoms with van der Waals surface area (Å²) in [7, 11) is 1.80. The van der Waals surface area contributed by atoms with Crippen LogP contribution in [-0.2, 0) is 22.5 Å². The maximum absolute atomic E-state index is 12.4. The second-order valence-corrected chi connectivity index (χ2v) is 6.30. The van der Waals surface area contributed by atoms with Gasteiger partial charge in [-0.3, -0.25) is 4.79 Å². The number of imidazole rings is 1. The molecule has 6 nitrogen and oxygen atoms in total. The molecule has 6 heteroatoms. The van der Waals surface area contributed by atoms with Crippen molar-refractivity contribution >= 4 is 5.91 Å². The van der Waals surface area contributed by atoms with E-state index < -0.39 is 6.04 Å². The Morgan fingerprint density at radius 3 is 2.96 bits per heavy atom. The number of ether oxygens (including phenoxy) is 1. The average molecular weight is 328 g/mol. The molecule has 1 fully saturated rings. The number of nitrogens with two attached hydrogens (primary N) is 1. The molecule has 2 atom stereocenters. The van der Waals surface area contributed by atoms with Crippen LogP contribution in [0.2, 0.25) is 0 Å². The summed E-state index contributed by atoms with van der Waals surface area (Å²) >= 11 is 0. The van der Waals surface area contributed by atoms with Crippen LogP contribution in [0.15, 0.2) is 42.9 Å². The Labute approximate surface area is 142 Å². The Balaban J connectivity index is 1.56. The molecule has 1 aliphatic rings. The van der Waals surface area contributed by atoms with Gasteiger partial charge in [0, 0.05) is 32.8 Å². The van der Waals surface area contributed by atoms with E-state index in [2.05, 4.69) is 17.1 Å². The first-order chi connectivity index (χ1) is 11.6. The fraction of sp³-hybridized carbons (Fsp3) is 0.444. The van der Waals surface area contributed by atoms with Gasteiger partial charge in [0.2, 0.25) is 5.91 Å². The van der Waals surface area contributed by atoms with Crippen LogP contribution in [0, 0.1) is 0 Å². The second kappa shape index (κ2) is 7.59. The lowest BCUT2D eigenvalue weighted by Gasteiger charge is -2.25. The van der Waals surface area contributed by atoms with Gasteiger partial charge in [-0.25, -0.2) is 4.98 Å². The van der Waals surface area contributed by atoms with Crippen LogP contribution in [0.3, 0.4) is 0 Å². The molecule has 24 heavy (non-hydrogen) atoms. The second-order valence-electron chi connectivity index (χ2n) is 6.30. The molecule has 0 spiro atoms. The molecule has 0 saturated carbocycles. The Kier molecular flexibility index (Phi) is 5.27. The Bertz CT molecular complexity index is 665. The van der Waals surface area contributed by atoms with E-state index >= 15 is 0 Å². The number of carbonyl (C=O) groups is 1. The summed E-state index contributed by atoms with van der Waals surface area (Å²) in [4.78, 5) is 18.5. The monoisotopic (exact) mass is 328 g/mol. The van der Waals surface area contributed by atoms with Crippen LogP contribution in [-0.4, -0.2) is 52.7 Å². The van der Waals surface area contributed by atoms with Gasteiger partial charge in [0.25, 0.3) is 0 Å². The fourth-order valence-electron chi connectivity index (χ4n) is 2.97. The minimum Gasteiger partial charge on any atom is -0.379 e. The summed E-state index contributed by atoms with van der Waals surface area (Å²) in [5, 5.41) is 0. The number of hydrogen-bond donors (Lipinski definition) is 1. The fourth-order valence-corrected chi connectivity index (χ4v) is 2.97. The summed E-state index contributed by atoms with van der Waals surface area (Å²) in [5.74, 6) is -0.0527. The van der Waals surface area contributed by atoms with Gasteiger partial charge in [-0.1, -0.05) is 30.3 Å². The molecule has 0 radical (unpaired) electrons. The van der Waals surface area contributed by atoms with Crippen molar-refractivity contribution in [3.8, 4) is 0 Å². The van der Waals surface area contributed by atoms with Crippen LogP contribution in [0.1, 0.15) is 17.7 Å². The first-order valence-corrected chi connectivity index (χ1v) is 8.28. The highest BCUT2D eigenvalue weighted by atomic mass is 16.5. The summed E-state index contributed by atoms with van der Waals surface area (Å²) in [6, 6.07) is 9.75. The van der Waals surface area contributed by atoms with Crippen molar-refractivity contribution in [3.63, 3.8) is 0 Å². The lowest BCUT2D eigenvalue weighted by Crippen LogP contribution is -2.47. The molecule has 1 amide bonds. The van der Waals surface area contributed by atoms with Crippen LogP contribution < -0.4 is 5.73 Å². The summed E-state index contributed by atoms with van der Waals surface area (Å²) < 4.78 is 7.35. The summed E-state index contributed by atoms with van der Waals surface area (Å²) in [6.45, 7) is 2.07. The SMILES string of the molecule is CN(C(=O)[C@@H](N)Cc1cn(Cc2ccccc2)cn1)C1CCOC1. The van der Waals surface area contributed by atoms with Gasteiger partial charge in [0.15, 0.2) is 0 Å². The van der Waals surface area contributed by atoms with Crippen LogP contribution in [0.4, 0.5) is 0 Å². The molecular formula is C18H24N4O2. The number of carbonyl (C=O) groups excluding carboxylic acids is 1. The van der Waals surface area contributed by atoms with E-state index in [1.165, 1.54) is 5.56 Å². The third kappa shape index (κ3) is 4.01. The molecule has 128 valence electrons. The molecule has 1 unspecified atom stereocenters. The van der Waals surface area contributed by atoms with Crippen molar-refractivity contribution in [3.05, 3.63) is 54.1 Å². The van der Waals surface area contributed by atoms with Crippen molar-refractivity contribution in [2.24, 2.45) is 5.73 Å². The molecule has 2 aromatic rings. The van der Waals surface area contributed by atoms with E-state index in [9.17, 15) is 4.79 Å². The number of amides is 1. The van der Waals surface area contributed by atoms with E-state index in [0.29, 0.717) is 19.6 Å². The van der Waals surface area contributed by atoms with Crippen molar-refractivity contribution in [1.29, 1.82) is 0 Å². The van der Waals surface area contributed by atoms with Crippen molar-refractivity contribution < 1.29 is 9.53 Å². The molecule has 2 N–H and O–H groups in total. The van der Waals surface area contributed by atoms with Gasteiger partial charge in [-0.05, 0) is 12.0 Å². The highest BCUT2D eigenvalue weighted by molar-refractivity contribution is 5.82. The van der Waals surface area contributed by atoms with E-state index in [4.69, 9.17) is 10.5 Å². The molecule has 1 aliphatic heterocycles. The number of rotatable bonds is 6. The molecular weight excluding hydrogens is 304 g/mol. The maximum atomic E-state index is 12.4. The summed E-state index contributed by atoms with van der Waals surface area (Å²) in [5.41, 5.74) is 8.15. The van der Waals surface area contributed by atoms with Gasteiger partial charge in [0.05, 0.1) is 30.7 Å². The molecule has 1 aromatic heterocycles. The van der Waals surface area contributed by atoms with Gasteiger partial charge in [0.1, 0.15) is 0 Å². The first kappa shape index (κ1) is 16.7. The van der Waals surface area contributed by atoms with Gasteiger partial charge in [-0.2, -0.15) is 0 Å². The molecule has 0 aliphatic carbocycles. The highest BCUT2D eigenvalue weighted by Gasteiger charge is 2.27. The third-order valence-electron chi connectivity index (χ3n) is 4.44. The van der Waals surface area contributed by atoms with E-state index in [1.807, 2.05) is 29.0 Å². The van der Waals surface area contributed by atoms with Crippen molar-refractivity contribution in [1.82, 2.24) is 14.5 Å². The average Bonchev–Trinajstić information content (AvgIpc) is 3.26. The molecule has 3 rings (SSSR count). The zero-order valence-corrected chi connectivity index (χ0v) is 14.0. The number of hydrogen-bond acceptors (Lipinski definition) is 4. The van der Waals surface area contributed by atoms with Gasteiger partial charge < -0.3 is 19.9 Å². The van der Waals surface area contributed by atoms with Crippen molar-refractivity contribution in [2.75, 3.05) is 20.3 Å². The predicted octanol–water partition coefficient (Wildman–Crippen LogP) is 1.05.